The number of aryl methyl sites for hydroxylation is 1. The van der Waals surface area contributed by atoms with Crippen LogP contribution in [-0.2, 0) is 11.3 Å². The Hall–Kier alpha value is -1.80. The molecule has 0 unspecified atom stereocenters. The highest BCUT2D eigenvalue weighted by Gasteiger charge is 2.36. The molecule has 2 atom stereocenters. The number of morpholine rings is 1. The molecule has 8 heteroatoms. The summed E-state index contributed by atoms with van der Waals surface area (Å²) in [5, 5.41) is 7.98. The van der Waals surface area contributed by atoms with Crippen LogP contribution >= 0.6 is 0 Å². The first kappa shape index (κ1) is 13.8. The number of aromatic nitrogens is 4. The molecule has 2 aromatic rings. The highest BCUT2D eigenvalue weighted by molar-refractivity contribution is 5.03. The molecular weight excluding hydrogens is 286 g/mol. The molecule has 0 amide bonds. The Balaban J connectivity index is 1.54. The molecule has 0 aromatic carbocycles. The molecule has 0 bridgehead atoms. The number of nitrogens with zero attached hydrogens (tertiary/aromatic N) is 5. The van der Waals surface area contributed by atoms with Gasteiger partial charge in [0.25, 0.3) is 0 Å². The van der Waals surface area contributed by atoms with Crippen LogP contribution in [0.3, 0.4) is 0 Å². The van der Waals surface area contributed by atoms with Crippen LogP contribution < -0.4 is 0 Å². The molecule has 22 heavy (non-hydrogen) atoms. The summed E-state index contributed by atoms with van der Waals surface area (Å²) in [5.41, 5.74) is 0. The minimum absolute atomic E-state index is 0.0246. The SMILES string of the molecule is Cc1noc([C@@H]2[C@@H](C)OCCN2Cc2noc(C3CC3)n2)n1. The predicted octanol–water partition coefficient (Wildman–Crippen LogP) is 1.60. The lowest BCUT2D eigenvalue weighted by molar-refractivity contribution is -0.0772. The average Bonchev–Trinajstić information content (AvgIpc) is 3.10. The summed E-state index contributed by atoms with van der Waals surface area (Å²) in [5.74, 6) is 3.15. The Morgan fingerprint density at radius 1 is 1.14 bits per heavy atom. The first-order valence-corrected chi connectivity index (χ1v) is 7.69. The molecule has 0 radical (unpaired) electrons. The summed E-state index contributed by atoms with van der Waals surface area (Å²) in [7, 11) is 0. The molecule has 8 nitrogen and oxygen atoms in total. The number of rotatable bonds is 4. The maximum absolute atomic E-state index is 5.74. The topological polar surface area (TPSA) is 90.3 Å². The van der Waals surface area contributed by atoms with Gasteiger partial charge < -0.3 is 13.8 Å². The highest BCUT2D eigenvalue weighted by atomic mass is 16.5. The van der Waals surface area contributed by atoms with Gasteiger partial charge in [-0.15, -0.1) is 0 Å². The van der Waals surface area contributed by atoms with E-state index in [1.165, 1.54) is 0 Å². The number of hydrogen-bond acceptors (Lipinski definition) is 8. The van der Waals surface area contributed by atoms with Gasteiger partial charge in [0.05, 0.1) is 19.3 Å². The van der Waals surface area contributed by atoms with Crippen LogP contribution in [0.1, 0.15) is 55.2 Å². The molecule has 0 spiro atoms. The predicted molar refractivity (Wildman–Crippen MR) is 73.9 cm³/mol. The monoisotopic (exact) mass is 305 g/mol. The lowest BCUT2D eigenvalue weighted by atomic mass is 10.1. The molecule has 1 saturated heterocycles. The molecule has 1 aliphatic carbocycles. The van der Waals surface area contributed by atoms with E-state index in [1.807, 2.05) is 13.8 Å². The zero-order valence-electron chi connectivity index (χ0n) is 12.7. The smallest absolute Gasteiger partial charge is 0.246 e. The van der Waals surface area contributed by atoms with E-state index < -0.39 is 0 Å². The second-order valence-corrected chi connectivity index (χ2v) is 5.99. The van der Waals surface area contributed by atoms with E-state index in [1.54, 1.807) is 0 Å². The van der Waals surface area contributed by atoms with Crippen molar-refractivity contribution in [3.8, 4) is 0 Å². The fourth-order valence-electron chi connectivity index (χ4n) is 2.86. The van der Waals surface area contributed by atoms with Crippen molar-refractivity contribution in [3.05, 3.63) is 23.4 Å². The molecule has 1 saturated carbocycles. The molecule has 1 aliphatic heterocycles. The third-order valence-corrected chi connectivity index (χ3v) is 4.15. The minimum Gasteiger partial charge on any atom is -0.375 e. The van der Waals surface area contributed by atoms with Gasteiger partial charge in [-0.3, -0.25) is 4.90 Å². The summed E-state index contributed by atoms with van der Waals surface area (Å²) in [6, 6.07) is -0.0853. The largest absolute Gasteiger partial charge is 0.375 e. The standard InChI is InChI=1S/C14H19N5O3/c1-8-12(14-15-9(2)17-22-14)19(5-6-20-8)7-11-16-13(21-18-11)10-3-4-10/h8,10,12H,3-7H2,1-2H3/t8-,12+/m1/s1. The molecule has 118 valence electrons. The summed E-state index contributed by atoms with van der Waals surface area (Å²) in [6.07, 6.45) is 2.28. The van der Waals surface area contributed by atoms with Crippen LogP contribution in [0.5, 0.6) is 0 Å². The summed E-state index contributed by atoms with van der Waals surface area (Å²) in [6.45, 7) is 5.85. The van der Waals surface area contributed by atoms with Gasteiger partial charge in [-0.25, -0.2) is 0 Å². The summed E-state index contributed by atoms with van der Waals surface area (Å²) >= 11 is 0. The van der Waals surface area contributed by atoms with E-state index in [9.17, 15) is 0 Å². The molecule has 3 heterocycles. The number of hydrogen-bond donors (Lipinski definition) is 0. The van der Waals surface area contributed by atoms with E-state index in [-0.39, 0.29) is 12.1 Å². The Kier molecular flexibility index (Phi) is 3.42. The Morgan fingerprint density at radius 3 is 2.68 bits per heavy atom. The molecule has 2 aromatic heterocycles. The first-order valence-electron chi connectivity index (χ1n) is 7.69. The van der Waals surface area contributed by atoms with Crippen molar-refractivity contribution in [3.63, 3.8) is 0 Å². The van der Waals surface area contributed by atoms with Gasteiger partial charge in [-0.05, 0) is 26.7 Å². The fourth-order valence-corrected chi connectivity index (χ4v) is 2.86. The molecule has 2 fully saturated rings. The highest BCUT2D eigenvalue weighted by Crippen LogP contribution is 2.39. The quantitative estimate of drug-likeness (QED) is 0.841. The minimum atomic E-state index is -0.0853. The van der Waals surface area contributed by atoms with E-state index in [2.05, 4.69) is 25.2 Å². The van der Waals surface area contributed by atoms with Crippen molar-refractivity contribution in [1.82, 2.24) is 25.2 Å². The second kappa shape index (κ2) is 5.44. The molecular formula is C14H19N5O3. The zero-order valence-corrected chi connectivity index (χ0v) is 12.7. The van der Waals surface area contributed by atoms with Gasteiger partial charge >= 0.3 is 0 Å². The van der Waals surface area contributed by atoms with Gasteiger partial charge in [-0.1, -0.05) is 10.3 Å². The van der Waals surface area contributed by atoms with Crippen LogP contribution in [0.4, 0.5) is 0 Å². The Morgan fingerprint density at radius 2 is 1.95 bits per heavy atom. The number of ether oxygens (including phenoxy) is 1. The van der Waals surface area contributed by atoms with Crippen molar-refractivity contribution < 1.29 is 13.8 Å². The van der Waals surface area contributed by atoms with Gasteiger partial charge in [0, 0.05) is 12.5 Å². The lowest BCUT2D eigenvalue weighted by Crippen LogP contribution is -2.44. The first-order chi connectivity index (χ1) is 10.7. The van der Waals surface area contributed by atoms with Gasteiger partial charge in [0.2, 0.25) is 11.8 Å². The van der Waals surface area contributed by atoms with E-state index >= 15 is 0 Å². The third-order valence-electron chi connectivity index (χ3n) is 4.15. The van der Waals surface area contributed by atoms with Crippen LogP contribution in [-0.4, -0.2) is 44.4 Å². The van der Waals surface area contributed by atoms with Crippen molar-refractivity contribution in [1.29, 1.82) is 0 Å². The van der Waals surface area contributed by atoms with Gasteiger partial charge in [0.15, 0.2) is 11.6 Å². The lowest BCUT2D eigenvalue weighted by Gasteiger charge is -2.36. The van der Waals surface area contributed by atoms with Gasteiger partial charge in [0.1, 0.15) is 6.04 Å². The van der Waals surface area contributed by atoms with Crippen LogP contribution in [0.2, 0.25) is 0 Å². The van der Waals surface area contributed by atoms with E-state index in [0.717, 1.165) is 25.3 Å². The Labute approximate surface area is 127 Å². The Bertz CT molecular complexity index is 650. The van der Waals surface area contributed by atoms with Gasteiger partial charge in [-0.2, -0.15) is 9.97 Å². The summed E-state index contributed by atoms with van der Waals surface area (Å²) in [4.78, 5) is 11.1. The summed E-state index contributed by atoms with van der Waals surface area (Å²) < 4.78 is 16.4. The van der Waals surface area contributed by atoms with Crippen molar-refractivity contribution in [2.75, 3.05) is 13.2 Å². The molecule has 0 N–H and O–H groups in total. The van der Waals surface area contributed by atoms with Crippen LogP contribution in [0.15, 0.2) is 9.05 Å². The molecule has 2 aliphatic rings. The maximum Gasteiger partial charge on any atom is 0.246 e. The molecule has 4 rings (SSSR count). The van der Waals surface area contributed by atoms with Crippen molar-refractivity contribution in [2.45, 2.75) is 51.3 Å². The van der Waals surface area contributed by atoms with E-state index in [0.29, 0.717) is 36.6 Å². The average molecular weight is 305 g/mol. The van der Waals surface area contributed by atoms with Crippen LogP contribution in [0, 0.1) is 6.92 Å². The normalized spacial score (nSPS) is 26.5. The van der Waals surface area contributed by atoms with E-state index in [4.69, 9.17) is 13.8 Å². The van der Waals surface area contributed by atoms with Crippen molar-refractivity contribution in [2.24, 2.45) is 0 Å². The third kappa shape index (κ3) is 2.64. The van der Waals surface area contributed by atoms with Crippen molar-refractivity contribution >= 4 is 0 Å². The van der Waals surface area contributed by atoms with Crippen LogP contribution in [0.25, 0.3) is 0 Å². The maximum atomic E-state index is 5.74. The second-order valence-electron chi connectivity index (χ2n) is 5.99. The fraction of sp³-hybridized carbons (Fsp3) is 0.714. The zero-order chi connectivity index (χ0) is 15.1.